The number of non-ortho nitro benzene ring substituents is 1. The molecule has 144 valence electrons. The molecule has 1 aliphatic heterocycles. The summed E-state index contributed by atoms with van der Waals surface area (Å²) in [4.78, 5) is 38.8. The number of carbonyl (C=O) groups excluding carboxylic acids is 2. The van der Waals surface area contributed by atoms with Gasteiger partial charge in [0.1, 0.15) is 5.76 Å². The van der Waals surface area contributed by atoms with Crippen molar-refractivity contribution < 1.29 is 18.9 Å². The minimum absolute atomic E-state index is 0.0139. The molecule has 1 aromatic heterocycles. The van der Waals surface area contributed by atoms with Gasteiger partial charge in [0.2, 0.25) is 0 Å². The monoisotopic (exact) mass is 406 g/mol. The van der Waals surface area contributed by atoms with E-state index in [-0.39, 0.29) is 22.7 Å². The summed E-state index contributed by atoms with van der Waals surface area (Å²) in [6, 6.07) is 18.2. The first-order valence-electron chi connectivity index (χ1n) is 8.65. The number of nitro groups is 1. The first kappa shape index (κ1) is 18.7. The van der Waals surface area contributed by atoms with Crippen LogP contribution in [0, 0.1) is 10.1 Å². The number of rotatable bonds is 6. The van der Waals surface area contributed by atoms with E-state index < -0.39 is 16.7 Å². The Morgan fingerprint density at radius 3 is 2.28 bits per heavy atom. The predicted molar refractivity (Wildman–Crippen MR) is 107 cm³/mol. The lowest BCUT2D eigenvalue weighted by molar-refractivity contribution is -0.384. The molecule has 8 heteroatoms. The maximum atomic E-state index is 13.1. The quantitative estimate of drug-likeness (QED) is 0.345. The van der Waals surface area contributed by atoms with Crippen molar-refractivity contribution in [1.29, 1.82) is 0 Å². The summed E-state index contributed by atoms with van der Waals surface area (Å²) in [6.45, 7) is 0.0139. The van der Waals surface area contributed by atoms with Crippen molar-refractivity contribution >= 4 is 34.8 Å². The van der Waals surface area contributed by atoms with Gasteiger partial charge in [-0.2, -0.15) is 0 Å². The zero-order valence-electron chi connectivity index (χ0n) is 15.0. The van der Waals surface area contributed by atoms with Gasteiger partial charge in [-0.15, -0.1) is 0 Å². The summed E-state index contributed by atoms with van der Waals surface area (Å²) < 4.78 is 5.28. The third-order valence-corrected chi connectivity index (χ3v) is 5.44. The molecule has 7 nitrogen and oxygen atoms in total. The standard InChI is InChI=1S/C21H14N2O5S/c24-20-18(14-8-10-15(11-9-14)23(26)27)19(29-17-6-2-1-3-7-17)21(25)22(20)13-16-5-4-12-28-16/h1-12H,13H2. The van der Waals surface area contributed by atoms with E-state index in [1.807, 2.05) is 30.3 Å². The number of nitro benzene ring substituents is 1. The van der Waals surface area contributed by atoms with Gasteiger partial charge < -0.3 is 4.42 Å². The number of benzene rings is 2. The smallest absolute Gasteiger partial charge is 0.269 e. The molecule has 1 aliphatic rings. The van der Waals surface area contributed by atoms with Crippen LogP contribution in [0.3, 0.4) is 0 Å². The summed E-state index contributed by atoms with van der Waals surface area (Å²) >= 11 is 1.20. The van der Waals surface area contributed by atoms with Crippen molar-refractivity contribution in [3.63, 3.8) is 0 Å². The third kappa shape index (κ3) is 3.70. The fourth-order valence-corrected chi connectivity index (χ4v) is 3.99. The second-order valence-corrected chi connectivity index (χ2v) is 7.28. The zero-order chi connectivity index (χ0) is 20.4. The predicted octanol–water partition coefficient (Wildman–Crippen LogP) is 4.26. The van der Waals surface area contributed by atoms with Gasteiger partial charge in [-0.05, 0) is 42.0 Å². The van der Waals surface area contributed by atoms with E-state index in [1.165, 1.54) is 42.3 Å². The van der Waals surface area contributed by atoms with Crippen molar-refractivity contribution in [3.05, 3.63) is 99.3 Å². The van der Waals surface area contributed by atoms with Gasteiger partial charge in [0.15, 0.2) is 0 Å². The van der Waals surface area contributed by atoms with Crippen LogP contribution in [-0.2, 0) is 16.1 Å². The van der Waals surface area contributed by atoms with Crippen LogP contribution in [0.2, 0.25) is 0 Å². The van der Waals surface area contributed by atoms with Crippen LogP contribution < -0.4 is 0 Å². The highest BCUT2D eigenvalue weighted by molar-refractivity contribution is 8.04. The third-order valence-electron chi connectivity index (χ3n) is 4.35. The Labute approximate surface area is 169 Å². The number of nitrogens with zero attached hydrogens (tertiary/aromatic N) is 2. The van der Waals surface area contributed by atoms with Gasteiger partial charge in [0, 0.05) is 17.0 Å². The lowest BCUT2D eigenvalue weighted by Crippen LogP contribution is -2.30. The molecule has 4 rings (SSSR count). The maximum absolute atomic E-state index is 13.1. The maximum Gasteiger partial charge on any atom is 0.269 e. The molecule has 0 saturated carbocycles. The minimum atomic E-state index is -0.511. The van der Waals surface area contributed by atoms with Crippen molar-refractivity contribution in [2.24, 2.45) is 0 Å². The topological polar surface area (TPSA) is 93.7 Å². The largest absolute Gasteiger partial charge is 0.467 e. The van der Waals surface area contributed by atoms with Crippen LogP contribution in [0.1, 0.15) is 11.3 Å². The summed E-state index contributed by atoms with van der Waals surface area (Å²) in [6.07, 6.45) is 1.48. The van der Waals surface area contributed by atoms with E-state index >= 15 is 0 Å². The molecule has 0 fully saturated rings. The molecule has 0 aliphatic carbocycles. The molecule has 0 bridgehead atoms. The molecule has 3 aromatic rings. The molecule has 0 N–H and O–H groups in total. The van der Waals surface area contributed by atoms with Crippen LogP contribution >= 0.6 is 11.8 Å². The summed E-state index contributed by atoms with van der Waals surface area (Å²) in [7, 11) is 0. The Balaban J connectivity index is 1.75. The lowest BCUT2D eigenvalue weighted by atomic mass is 10.1. The van der Waals surface area contributed by atoms with E-state index in [4.69, 9.17) is 4.42 Å². The Bertz CT molecular complexity index is 1110. The highest BCUT2D eigenvalue weighted by Gasteiger charge is 2.40. The van der Waals surface area contributed by atoms with Crippen LogP contribution in [-0.4, -0.2) is 21.6 Å². The molecule has 29 heavy (non-hydrogen) atoms. The number of furan rings is 1. The number of hydrogen-bond donors (Lipinski definition) is 0. The van der Waals surface area contributed by atoms with Crippen molar-refractivity contribution in [2.75, 3.05) is 0 Å². The van der Waals surface area contributed by atoms with Crippen molar-refractivity contribution in [2.45, 2.75) is 11.4 Å². The number of hydrogen-bond acceptors (Lipinski definition) is 6. The Morgan fingerprint density at radius 1 is 0.931 bits per heavy atom. The highest BCUT2D eigenvalue weighted by Crippen LogP contribution is 2.40. The molecule has 0 saturated heterocycles. The summed E-state index contributed by atoms with van der Waals surface area (Å²) in [5.41, 5.74) is 0.593. The van der Waals surface area contributed by atoms with Gasteiger partial charge in [-0.1, -0.05) is 30.0 Å². The second-order valence-electron chi connectivity index (χ2n) is 6.20. The summed E-state index contributed by atoms with van der Waals surface area (Å²) in [5, 5.41) is 10.9. The van der Waals surface area contributed by atoms with Crippen molar-refractivity contribution in [3.8, 4) is 0 Å². The van der Waals surface area contributed by atoms with Gasteiger partial charge in [-0.25, -0.2) is 0 Å². The molecule has 0 atom stereocenters. The Hall–Kier alpha value is -3.65. The SMILES string of the molecule is O=C1C(Sc2ccccc2)=C(c2ccc([N+](=O)[O-])cc2)C(=O)N1Cc1ccco1. The van der Waals surface area contributed by atoms with Gasteiger partial charge >= 0.3 is 0 Å². The molecular weight excluding hydrogens is 392 g/mol. The normalized spacial score (nSPS) is 14.0. The zero-order valence-corrected chi connectivity index (χ0v) is 15.8. The van der Waals surface area contributed by atoms with E-state index in [0.717, 1.165) is 9.80 Å². The molecule has 2 amide bonds. The van der Waals surface area contributed by atoms with E-state index in [1.54, 1.807) is 12.1 Å². The Morgan fingerprint density at radius 2 is 1.66 bits per heavy atom. The molecule has 0 spiro atoms. The van der Waals surface area contributed by atoms with E-state index in [9.17, 15) is 19.7 Å². The van der Waals surface area contributed by atoms with Crippen LogP contribution in [0.4, 0.5) is 5.69 Å². The molecular formula is C21H14N2O5S. The first-order chi connectivity index (χ1) is 14.0. The molecule has 0 unspecified atom stereocenters. The van der Waals surface area contributed by atoms with Crippen LogP contribution in [0.5, 0.6) is 0 Å². The van der Waals surface area contributed by atoms with Gasteiger partial charge in [-0.3, -0.25) is 24.6 Å². The lowest BCUT2D eigenvalue weighted by Gasteiger charge is -2.13. The van der Waals surface area contributed by atoms with Crippen LogP contribution in [0.25, 0.3) is 5.57 Å². The average molecular weight is 406 g/mol. The fourth-order valence-electron chi connectivity index (χ4n) is 2.96. The van der Waals surface area contributed by atoms with Gasteiger partial charge in [0.25, 0.3) is 17.5 Å². The highest BCUT2D eigenvalue weighted by atomic mass is 32.2. The summed E-state index contributed by atoms with van der Waals surface area (Å²) in [5.74, 6) is -0.395. The van der Waals surface area contributed by atoms with E-state index in [2.05, 4.69) is 0 Å². The number of amides is 2. The van der Waals surface area contributed by atoms with Gasteiger partial charge in [0.05, 0.1) is 28.2 Å². The van der Waals surface area contributed by atoms with Crippen LogP contribution in [0.15, 0.2) is 87.2 Å². The minimum Gasteiger partial charge on any atom is -0.467 e. The molecule has 2 heterocycles. The van der Waals surface area contributed by atoms with E-state index in [0.29, 0.717) is 11.3 Å². The van der Waals surface area contributed by atoms with Crippen molar-refractivity contribution in [1.82, 2.24) is 4.90 Å². The second kappa shape index (κ2) is 7.76. The fraction of sp³-hybridized carbons (Fsp3) is 0.0476. The first-order valence-corrected chi connectivity index (χ1v) is 9.47. The number of thioether (sulfide) groups is 1. The molecule has 2 aromatic carbocycles. The molecule has 0 radical (unpaired) electrons. The Kier molecular flexibility index (Phi) is 5.01. The number of carbonyl (C=O) groups is 2. The number of imide groups is 1. The average Bonchev–Trinajstić information content (AvgIpc) is 3.32.